The van der Waals surface area contributed by atoms with Gasteiger partial charge in [0.1, 0.15) is 5.75 Å². The number of para-hydroxylation sites is 1. The number of nitrogens with one attached hydrogen (secondary N) is 1. The van der Waals surface area contributed by atoms with Crippen molar-refractivity contribution in [2.75, 3.05) is 11.9 Å². The Morgan fingerprint density at radius 2 is 1.74 bits per heavy atom. The zero-order valence-corrected chi connectivity index (χ0v) is 13.3. The third-order valence-corrected chi connectivity index (χ3v) is 3.81. The van der Waals surface area contributed by atoms with E-state index in [9.17, 15) is 4.79 Å². The van der Waals surface area contributed by atoms with Crippen molar-refractivity contribution in [3.05, 3.63) is 71.8 Å². The fraction of sp³-hybridized carbons (Fsp3) is 0.150. The van der Waals surface area contributed by atoms with Gasteiger partial charge < -0.3 is 10.1 Å². The molecule has 0 aromatic heterocycles. The highest BCUT2D eigenvalue weighted by molar-refractivity contribution is 6.15. The molecule has 3 aromatic carbocycles. The van der Waals surface area contributed by atoms with Gasteiger partial charge in [0.05, 0.1) is 12.2 Å². The first-order chi connectivity index (χ1) is 11.2. The molecule has 0 spiro atoms. The normalized spacial score (nSPS) is 10.5. The standard InChI is InChI=1S/C20H19NO2/c1-3-23-18-13-12-15-9-5-6-10-16(15)19(18)20(22)21-17-11-7-4-8-14(17)2/h4-13H,3H2,1-2H3,(H,21,22). The van der Waals surface area contributed by atoms with E-state index in [-0.39, 0.29) is 5.91 Å². The summed E-state index contributed by atoms with van der Waals surface area (Å²) in [4.78, 5) is 12.9. The van der Waals surface area contributed by atoms with Gasteiger partial charge in [-0.15, -0.1) is 0 Å². The number of amides is 1. The lowest BCUT2D eigenvalue weighted by molar-refractivity contribution is 0.102. The molecule has 3 rings (SSSR count). The molecular formula is C20H19NO2. The Morgan fingerprint density at radius 3 is 2.52 bits per heavy atom. The Kier molecular flexibility index (Phi) is 4.29. The van der Waals surface area contributed by atoms with Crippen LogP contribution in [0.25, 0.3) is 10.8 Å². The molecule has 0 atom stereocenters. The van der Waals surface area contributed by atoms with Gasteiger partial charge in [0.15, 0.2) is 0 Å². The van der Waals surface area contributed by atoms with Crippen molar-refractivity contribution < 1.29 is 9.53 Å². The van der Waals surface area contributed by atoms with Crippen LogP contribution in [-0.2, 0) is 0 Å². The molecular weight excluding hydrogens is 286 g/mol. The Morgan fingerprint density at radius 1 is 1.00 bits per heavy atom. The third-order valence-electron chi connectivity index (χ3n) is 3.81. The van der Waals surface area contributed by atoms with Crippen LogP contribution in [0.2, 0.25) is 0 Å². The van der Waals surface area contributed by atoms with Crippen molar-refractivity contribution in [3.8, 4) is 5.75 Å². The minimum Gasteiger partial charge on any atom is -0.493 e. The molecule has 0 bridgehead atoms. The highest BCUT2D eigenvalue weighted by atomic mass is 16.5. The molecule has 0 aliphatic heterocycles. The van der Waals surface area contributed by atoms with Crippen LogP contribution < -0.4 is 10.1 Å². The quantitative estimate of drug-likeness (QED) is 0.752. The molecule has 3 heteroatoms. The average molecular weight is 305 g/mol. The van der Waals surface area contributed by atoms with Crippen molar-refractivity contribution in [1.82, 2.24) is 0 Å². The van der Waals surface area contributed by atoms with Gasteiger partial charge in [-0.05, 0) is 42.3 Å². The maximum Gasteiger partial charge on any atom is 0.260 e. The van der Waals surface area contributed by atoms with E-state index in [4.69, 9.17) is 4.74 Å². The highest BCUT2D eigenvalue weighted by Crippen LogP contribution is 2.29. The molecule has 0 unspecified atom stereocenters. The van der Waals surface area contributed by atoms with E-state index in [0.29, 0.717) is 17.9 Å². The van der Waals surface area contributed by atoms with Gasteiger partial charge in [0.25, 0.3) is 5.91 Å². The first kappa shape index (κ1) is 15.1. The zero-order chi connectivity index (χ0) is 16.2. The van der Waals surface area contributed by atoms with E-state index in [1.165, 1.54) is 0 Å². The zero-order valence-electron chi connectivity index (χ0n) is 13.3. The van der Waals surface area contributed by atoms with Crippen LogP contribution in [0.3, 0.4) is 0 Å². The van der Waals surface area contributed by atoms with Crippen LogP contribution in [0, 0.1) is 6.92 Å². The summed E-state index contributed by atoms with van der Waals surface area (Å²) in [6.07, 6.45) is 0. The van der Waals surface area contributed by atoms with Gasteiger partial charge in [-0.25, -0.2) is 0 Å². The summed E-state index contributed by atoms with van der Waals surface area (Å²) in [6.45, 7) is 4.41. The van der Waals surface area contributed by atoms with Crippen LogP contribution >= 0.6 is 0 Å². The third kappa shape index (κ3) is 3.04. The summed E-state index contributed by atoms with van der Waals surface area (Å²) in [5.41, 5.74) is 2.42. The monoisotopic (exact) mass is 305 g/mol. The predicted molar refractivity (Wildman–Crippen MR) is 94.2 cm³/mol. The Bertz CT molecular complexity index is 855. The minimum atomic E-state index is -0.153. The molecule has 116 valence electrons. The second kappa shape index (κ2) is 6.53. The fourth-order valence-electron chi connectivity index (χ4n) is 2.66. The predicted octanol–water partition coefficient (Wildman–Crippen LogP) is 4.80. The molecule has 0 saturated heterocycles. The number of fused-ring (bicyclic) bond motifs is 1. The van der Waals surface area contributed by atoms with E-state index in [1.54, 1.807) is 0 Å². The van der Waals surface area contributed by atoms with Gasteiger partial charge >= 0.3 is 0 Å². The first-order valence-corrected chi connectivity index (χ1v) is 7.72. The smallest absolute Gasteiger partial charge is 0.260 e. The number of benzene rings is 3. The van der Waals surface area contributed by atoms with E-state index in [2.05, 4.69) is 5.32 Å². The lowest BCUT2D eigenvalue weighted by Gasteiger charge is -2.14. The number of anilines is 1. The maximum absolute atomic E-state index is 12.9. The van der Waals surface area contributed by atoms with Gasteiger partial charge in [-0.1, -0.05) is 48.5 Å². The molecule has 0 fully saturated rings. The molecule has 0 heterocycles. The van der Waals surface area contributed by atoms with Crippen LogP contribution in [0.5, 0.6) is 5.75 Å². The number of hydrogen-bond donors (Lipinski definition) is 1. The second-order valence-corrected chi connectivity index (χ2v) is 5.36. The van der Waals surface area contributed by atoms with Crippen molar-refractivity contribution >= 4 is 22.4 Å². The summed E-state index contributed by atoms with van der Waals surface area (Å²) in [7, 11) is 0. The Balaban J connectivity index is 2.08. The summed E-state index contributed by atoms with van der Waals surface area (Å²) in [5, 5.41) is 4.91. The molecule has 1 N–H and O–H groups in total. The number of aryl methyl sites for hydroxylation is 1. The average Bonchev–Trinajstić information content (AvgIpc) is 2.57. The van der Waals surface area contributed by atoms with Crippen molar-refractivity contribution in [2.24, 2.45) is 0 Å². The molecule has 3 nitrogen and oxygen atoms in total. The molecule has 3 aromatic rings. The fourth-order valence-corrected chi connectivity index (χ4v) is 2.66. The molecule has 23 heavy (non-hydrogen) atoms. The van der Waals surface area contributed by atoms with Crippen molar-refractivity contribution in [1.29, 1.82) is 0 Å². The van der Waals surface area contributed by atoms with Gasteiger partial charge in [-0.3, -0.25) is 4.79 Å². The van der Waals surface area contributed by atoms with Crippen LogP contribution in [0.4, 0.5) is 5.69 Å². The van der Waals surface area contributed by atoms with Gasteiger partial charge in [-0.2, -0.15) is 0 Å². The largest absolute Gasteiger partial charge is 0.493 e. The van der Waals surface area contributed by atoms with E-state index < -0.39 is 0 Å². The van der Waals surface area contributed by atoms with Crippen molar-refractivity contribution in [3.63, 3.8) is 0 Å². The summed E-state index contributed by atoms with van der Waals surface area (Å²) < 4.78 is 5.67. The van der Waals surface area contributed by atoms with Crippen LogP contribution in [-0.4, -0.2) is 12.5 Å². The maximum atomic E-state index is 12.9. The Labute approximate surface area is 135 Å². The summed E-state index contributed by atoms with van der Waals surface area (Å²) >= 11 is 0. The second-order valence-electron chi connectivity index (χ2n) is 5.36. The molecule has 0 aliphatic rings. The molecule has 1 amide bonds. The van der Waals surface area contributed by atoms with E-state index in [1.807, 2.05) is 74.5 Å². The first-order valence-electron chi connectivity index (χ1n) is 7.72. The van der Waals surface area contributed by atoms with Crippen molar-refractivity contribution in [2.45, 2.75) is 13.8 Å². The SMILES string of the molecule is CCOc1ccc2ccccc2c1C(=O)Nc1ccccc1C. The number of ether oxygens (including phenoxy) is 1. The number of rotatable bonds is 4. The van der Waals surface area contributed by atoms with E-state index >= 15 is 0 Å². The number of carbonyl (C=O) groups excluding carboxylic acids is 1. The topological polar surface area (TPSA) is 38.3 Å². The molecule has 0 saturated carbocycles. The molecule has 0 radical (unpaired) electrons. The van der Waals surface area contributed by atoms with Gasteiger partial charge in [0, 0.05) is 5.69 Å². The summed E-state index contributed by atoms with van der Waals surface area (Å²) in [5.74, 6) is 0.455. The lowest BCUT2D eigenvalue weighted by atomic mass is 10.0. The minimum absolute atomic E-state index is 0.153. The highest BCUT2D eigenvalue weighted by Gasteiger charge is 2.17. The summed E-state index contributed by atoms with van der Waals surface area (Å²) in [6, 6.07) is 19.4. The van der Waals surface area contributed by atoms with Crippen LogP contribution in [0.15, 0.2) is 60.7 Å². The Hall–Kier alpha value is -2.81. The number of carbonyl (C=O) groups is 1. The lowest BCUT2D eigenvalue weighted by Crippen LogP contribution is -2.15. The molecule has 0 aliphatic carbocycles. The van der Waals surface area contributed by atoms with Gasteiger partial charge in [0.2, 0.25) is 0 Å². The van der Waals surface area contributed by atoms with Crippen LogP contribution in [0.1, 0.15) is 22.8 Å². The number of hydrogen-bond acceptors (Lipinski definition) is 2. The van der Waals surface area contributed by atoms with E-state index in [0.717, 1.165) is 22.0 Å².